The first-order valence-electron chi connectivity index (χ1n) is 6.26. The summed E-state index contributed by atoms with van der Waals surface area (Å²) in [5.74, 6) is 0. The van der Waals surface area contributed by atoms with Gasteiger partial charge in [-0.3, -0.25) is 9.88 Å². The van der Waals surface area contributed by atoms with Crippen LogP contribution in [0, 0.1) is 0 Å². The minimum Gasteiger partial charge on any atom is -0.380 e. The van der Waals surface area contributed by atoms with Crippen LogP contribution in [0.3, 0.4) is 0 Å². The zero-order valence-electron chi connectivity index (χ0n) is 10.6. The fourth-order valence-corrected chi connectivity index (χ4v) is 1.67. The lowest BCUT2D eigenvalue weighted by molar-refractivity contribution is 0.126. The Labute approximate surface area is 104 Å². The van der Waals surface area contributed by atoms with E-state index in [0.717, 1.165) is 32.7 Å². The van der Waals surface area contributed by atoms with Gasteiger partial charge in [0.25, 0.3) is 0 Å². The van der Waals surface area contributed by atoms with Crippen LogP contribution < -0.4 is 5.73 Å². The molecule has 0 radical (unpaired) electrons. The number of nitrogens with zero attached hydrogens (tertiary/aromatic N) is 2. The number of ether oxygens (including phenoxy) is 1. The quantitative estimate of drug-likeness (QED) is 0.657. The molecule has 1 rings (SSSR count). The maximum atomic E-state index is 5.37. The number of rotatable bonds is 9. The molecule has 0 atom stereocenters. The standard InChI is InChI=1S/C13H23N3O/c1-2-16(9-3-10-17-11-6-14)12-13-4-7-15-8-5-13/h4-5,7-8H,2-3,6,9-12,14H2,1H3. The molecule has 2 N–H and O–H groups in total. The molecule has 0 aromatic carbocycles. The van der Waals surface area contributed by atoms with Crippen molar-refractivity contribution in [2.45, 2.75) is 19.9 Å². The molecule has 0 aliphatic heterocycles. The molecule has 4 heteroatoms. The van der Waals surface area contributed by atoms with Gasteiger partial charge in [-0.2, -0.15) is 0 Å². The van der Waals surface area contributed by atoms with Crippen molar-refractivity contribution in [3.63, 3.8) is 0 Å². The van der Waals surface area contributed by atoms with Crippen molar-refractivity contribution in [1.82, 2.24) is 9.88 Å². The summed E-state index contributed by atoms with van der Waals surface area (Å²) in [5.41, 5.74) is 6.67. The van der Waals surface area contributed by atoms with Crippen LogP contribution in [0.15, 0.2) is 24.5 Å². The fourth-order valence-electron chi connectivity index (χ4n) is 1.67. The van der Waals surface area contributed by atoms with Gasteiger partial charge in [0.1, 0.15) is 0 Å². The van der Waals surface area contributed by atoms with Gasteiger partial charge in [-0.25, -0.2) is 0 Å². The van der Waals surface area contributed by atoms with Crippen LogP contribution >= 0.6 is 0 Å². The van der Waals surface area contributed by atoms with Crippen LogP contribution in [0.25, 0.3) is 0 Å². The third-order valence-corrected chi connectivity index (χ3v) is 2.63. The summed E-state index contributed by atoms with van der Waals surface area (Å²) in [6.07, 6.45) is 4.74. The highest BCUT2D eigenvalue weighted by molar-refractivity contribution is 5.09. The van der Waals surface area contributed by atoms with Gasteiger partial charge in [-0.05, 0) is 30.7 Å². The maximum absolute atomic E-state index is 5.37. The number of nitrogens with two attached hydrogens (primary N) is 1. The SMILES string of the molecule is CCN(CCCOCCN)Cc1ccncc1. The van der Waals surface area contributed by atoms with Crippen molar-refractivity contribution in [3.8, 4) is 0 Å². The second-order valence-corrected chi connectivity index (χ2v) is 3.98. The molecule has 0 aliphatic rings. The van der Waals surface area contributed by atoms with Crippen LogP contribution in [-0.4, -0.2) is 42.7 Å². The molecule has 4 nitrogen and oxygen atoms in total. The van der Waals surface area contributed by atoms with Crippen LogP contribution in [0.4, 0.5) is 0 Å². The van der Waals surface area contributed by atoms with E-state index in [1.54, 1.807) is 0 Å². The lowest BCUT2D eigenvalue weighted by Crippen LogP contribution is -2.25. The molecule has 0 aliphatic carbocycles. The highest BCUT2D eigenvalue weighted by atomic mass is 16.5. The largest absolute Gasteiger partial charge is 0.380 e. The van der Waals surface area contributed by atoms with Crippen molar-refractivity contribution in [1.29, 1.82) is 0 Å². The molecule has 0 amide bonds. The summed E-state index contributed by atoms with van der Waals surface area (Å²) in [6.45, 7) is 7.34. The van der Waals surface area contributed by atoms with Gasteiger partial charge in [0.15, 0.2) is 0 Å². The minimum atomic E-state index is 0.606. The third kappa shape index (κ3) is 6.36. The Morgan fingerprint density at radius 1 is 1.29 bits per heavy atom. The van der Waals surface area contributed by atoms with Gasteiger partial charge in [0.05, 0.1) is 6.61 Å². The number of pyridine rings is 1. The van der Waals surface area contributed by atoms with E-state index < -0.39 is 0 Å². The average Bonchev–Trinajstić information content (AvgIpc) is 2.38. The first kappa shape index (κ1) is 14.1. The maximum Gasteiger partial charge on any atom is 0.0588 e. The molecule has 1 aromatic rings. The normalized spacial score (nSPS) is 11.0. The average molecular weight is 237 g/mol. The summed E-state index contributed by atoms with van der Waals surface area (Å²) >= 11 is 0. The van der Waals surface area contributed by atoms with E-state index in [1.807, 2.05) is 12.4 Å². The molecule has 0 saturated carbocycles. The molecule has 17 heavy (non-hydrogen) atoms. The number of aromatic nitrogens is 1. The van der Waals surface area contributed by atoms with Crippen LogP contribution in [0.5, 0.6) is 0 Å². The van der Waals surface area contributed by atoms with E-state index in [1.165, 1.54) is 5.56 Å². The molecule has 96 valence electrons. The molecule has 1 heterocycles. The highest BCUT2D eigenvalue weighted by Gasteiger charge is 2.03. The van der Waals surface area contributed by atoms with Gasteiger partial charge in [0.2, 0.25) is 0 Å². The Hall–Kier alpha value is -0.970. The van der Waals surface area contributed by atoms with Crippen molar-refractivity contribution < 1.29 is 4.74 Å². The van der Waals surface area contributed by atoms with Gasteiger partial charge in [-0.15, -0.1) is 0 Å². The van der Waals surface area contributed by atoms with Crippen LogP contribution in [0.2, 0.25) is 0 Å². The Kier molecular flexibility index (Phi) is 7.54. The minimum absolute atomic E-state index is 0.606. The second-order valence-electron chi connectivity index (χ2n) is 3.98. The summed E-state index contributed by atoms with van der Waals surface area (Å²) in [5, 5.41) is 0. The predicted molar refractivity (Wildman–Crippen MR) is 69.7 cm³/mol. The predicted octanol–water partition coefficient (Wildman–Crippen LogP) is 1.27. The topological polar surface area (TPSA) is 51.4 Å². The Morgan fingerprint density at radius 3 is 2.71 bits per heavy atom. The summed E-state index contributed by atoms with van der Waals surface area (Å²) in [6, 6.07) is 4.13. The molecule has 0 fully saturated rings. The molecule has 0 spiro atoms. The van der Waals surface area contributed by atoms with Gasteiger partial charge >= 0.3 is 0 Å². The Balaban J connectivity index is 2.20. The molecule has 0 saturated heterocycles. The van der Waals surface area contributed by atoms with E-state index in [9.17, 15) is 0 Å². The van der Waals surface area contributed by atoms with Crippen molar-refractivity contribution in [2.24, 2.45) is 5.73 Å². The zero-order chi connectivity index (χ0) is 12.3. The lowest BCUT2D eigenvalue weighted by Gasteiger charge is -2.20. The first-order chi connectivity index (χ1) is 8.36. The van der Waals surface area contributed by atoms with E-state index >= 15 is 0 Å². The van der Waals surface area contributed by atoms with Crippen molar-refractivity contribution in [2.75, 3.05) is 32.8 Å². The zero-order valence-corrected chi connectivity index (χ0v) is 10.6. The monoisotopic (exact) mass is 237 g/mol. The Morgan fingerprint density at radius 2 is 2.06 bits per heavy atom. The van der Waals surface area contributed by atoms with E-state index in [-0.39, 0.29) is 0 Å². The van der Waals surface area contributed by atoms with Crippen molar-refractivity contribution in [3.05, 3.63) is 30.1 Å². The molecular formula is C13H23N3O. The molecule has 0 unspecified atom stereocenters. The molecular weight excluding hydrogens is 214 g/mol. The summed E-state index contributed by atoms with van der Waals surface area (Å²) < 4.78 is 5.37. The number of hydrogen-bond acceptors (Lipinski definition) is 4. The second kappa shape index (κ2) is 9.10. The summed E-state index contributed by atoms with van der Waals surface area (Å²) in [4.78, 5) is 6.43. The van der Waals surface area contributed by atoms with Crippen LogP contribution in [0.1, 0.15) is 18.9 Å². The van der Waals surface area contributed by atoms with E-state index in [2.05, 4.69) is 28.9 Å². The van der Waals surface area contributed by atoms with Crippen molar-refractivity contribution >= 4 is 0 Å². The van der Waals surface area contributed by atoms with Gasteiger partial charge < -0.3 is 10.5 Å². The van der Waals surface area contributed by atoms with Crippen LogP contribution in [-0.2, 0) is 11.3 Å². The fraction of sp³-hybridized carbons (Fsp3) is 0.615. The lowest BCUT2D eigenvalue weighted by atomic mass is 10.2. The third-order valence-electron chi connectivity index (χ3n) is 2.63. The smallest absolute Gasteiger partial charge is 0.0588 e. The highest BCUT2D eigenvalue weighted by Crippen LogP contribution is 2.03. The summed E-state index contributed by atoms with van der Waals surface area (Å²) in [7, 11) is 0. The molecule has 0 bridgehead atoms. The first-order valence-corrected chi connectivity index (χ1v) is 6.26. The number of hydrogen-bond donors (Lipinski definition) is 1. The van der Waals surface area contributed by atoms with Gasteiger partial charge in [-0.1, -0.05) is 6.92 Å². The van der Waals surface area contributed by atoms with Gasteiger partial charge in [0, 0.05) is 38.6 Å². The van der Waals surface area contributed by atoms with E-state index in [0.29, 0.717) is 13.2 Å². The van der Waals surface area contributed by atoms with E-state index in [4.69, 9.17) is 10.5 Å². The Bertz CT molecular complexity index is 279. The molecule has 1 aromatic heterocycles.